The Morgan fingerprint density at radius 2 is 1.70 bits per heavy atom. The third-order valence-corrected chi connectivity index (χ3v) is 3.86. The van der Waals surface area contributed by atoms with Crippen molar-refractivity contribution < 1.29 is 42.0 Å². The standard InChI is InChI=1S/C15H24N2O9S/c1-2-10-26-15(22)6-9-17(8-5-14(20)21)13(19)4-3-12(18)16-7-11-27(23,24)25/h2H,1,3-11H2,(H,16,18)(H,20,21)(H,23,24,25). The van der Waals surface area contributed by atoms with Crippen molar-refractivity contribution in [3.05, 3.63) is 12.7 Å². The van der Waals surface area contributed by atoms with E-state index in [4.69, 9.17) is 14.4 Å². The lowest BCUT2D eigenvalue weighted by atomic mass is 10.2. The van der Waals surface area contributed by atoms with Crippen LogP contribution in [0, 0.1) is 0 Å². The number of amides is 2. The summed E-state index contributed by atoms with van der Waals surface area (Å²) in [5, 5.41) is 11.0. The van der Waals surface area contributed by atoms with Gasteiger partial charge in [0.2, 0.25) is 11.8 Å². The highest BCUT2D eigenvalue weighted by Crippen LogP contribution is 2.03. The first-order chi connectivity index (χ1) is 12.5. The van der Waals surface area contributed by atoms with Crippen molar-refractivity contribution in [3.8, 4) is 0 Å². The van der Waals surface area contributed by atoms with E-state index in [2.05, 4.69) is 11.9 Å². The Hall–Kier alpha value is -2.47. The molecule has 0 saturated heterocycles. The molecule has 0 aromatic rings. The van der Waals surface area contributed by atoms with Crippen LogP contribution in [-0.2, 0) is 34.0 Å². The van der Waals surface area contributed by atoms with E-state index < -0.39 is 39.6 Å². The number of hydrogen-bond acceptors (Lipinski definition) is 7. The number of carbonyl (C=O) groups excluding carboxylic acids is 3. The van der Waals surface area contributed by atoms with E-state index in [0.717, 1.165) is 4.90 Å². The second kappa shape index (κ2) is 12.8. The SMILES string of the molecule is C=CCOC(=O)CCN(CCC(=O)O)C(=O)CCC(=O)NCCS(=O)(=O)O. The van der Waals surface area contributed by atoms with Gasteiger partial charge in [0.15, 0.2) is 0 Å². The van der Waals surface area contributed by atoms with Crippen molar-refractivity contribution >= 4 is 33.9 Å². The number of nitrogens with one attached hydrogen (secondary N) is 1. The number of carboxylic acids is 1. The monoisotopic (exact) mass is 408 g/mol. The Bertz CT molecular complexity index is 646. The summed E-state index contributed by atoms with van der Waals surface area (Å²) in [7, 11) is -4.20. The summed E-state index contributed by atoms with van der Waals surface area (Å²) in [6.45, 7) is 2.91. The second-order valence-electron chi connectivity index (χ2n) is 5.38. The molecule has 0 spiro atoms. The molecule has 0 aromatic heterocycles. The van der Waals surface area contributed by atoms with E-state index in [9.17, 15) is 27.6 Å². The summed E-state index contributed by atoms with van der Waals surface area (Å²) < 4.78 is 34.4. The number of carbonyl (C=O) groups is 4. The van der Waals surface area contributed by atoms with Gasteiger partial charge in [-0.15, -0.1) is 0 Å². The average molecular weight is 408 g/mol. The Balaban J connectivity index is 4.47. The fraction of sp³-hybridized carbons (Fsp3) is 0.600. The van der Waals surface area contributed by atoms with Crippen molar-refractivity contribution in [3.63, 3.8) is 0 Å². The van der Waals surface area contributed by atoms with Gasteiger partial charge in [0.1, 0.15) is 6.61 Å². The number of rotatable bonds is 14. The third-order valence-electron chi connectivity index (χ3n) is 3.14. The third kappa shape index (κ3) is 14.4. The molecule has 0 bridgehead atoms. The first-order valence-electron chi connectivity index (χ1n) is 8.03. The Morgan fingerprint density at radius 1 is 1.07 bits per heavy atom. The Labute approximate surface area is 157 Å². The van der Waals surface area contributed by atoms with Crippen molar-refractivity contribution in [2.45, 2.75) is 25.7 Å². The molecule has 0 saturated carbocycles. The van der Waals surface area contributed by atoms with Crippen LogP contribution >= 0.6 is 0 Å². The van der Waals surface area contributed by atoms with Crippen molar-refractivity contribution in [1.82, 2.24) is 10.2 Å². The second-order valence-corrected chi connectivity index (χ2v) is 6.95. The molecule has 154 valence electrons. The highest BCUT2D eigenvalue weighted by atomic mass is 32.2. The van der Waals surface area contributed by atoms with Gasteiger partial charge in [0, 0.05) is 32.5 Å². The average Bonchev–Trinajstić information content (AvgIpc) is 2.56. The van der Waals surface area contributed by atoms with Crippen LogP contribution in [-0.4, -0.2) is 78.7 Å². The van der Waals surface area contributed by atoms with Crippen LogP contribution < -0.4 is 5.32 Å². The zero-order valence-corrected chi connectivity index (χ0v) is 15.6. The van der Waals surface area contributed by atoms with Crippen LogP contribution in [0.3, 0.4) is 0 Å². The van der Waals surface area contributed by atoms with Gasteiger partial charge in [0.05, 0.1) is 18.6 Å². The lowest BCUT2D eigenvalue weighted by Crippen LogP contribution is -2.36. The predicted molar refractivity (Wildman–Crippen MR) is 93.3 cm³/mol. The highest BCUT2D eigenvalue weighted by Gasteiger charge is 2.18. The molecule has 0 atom stereocenters. The zero-order chi connectivity index (χ0) is 20.9. The maximum Gasteiger partial charge on any atom is 0.307 e. The molecular weight excluding hydrogens is 384 g/mol. The molecule has 0 aliphatic heterocycles. The summed E-state index contributed by atoms with van der Waals surface area (Å²) in [5.41, 5.74) is 0. The number of esters is 1. The van der Waals surface area contributed by atoms with Gasteiger partial charge in [-0.05, 0) is 0 Å². The number of nitrogens with zero attached hydrogens (tertiary/aromatic N) is 1. The molecule has 3 N–H and O–H groups in total. The van der Waals surface area contributed by atoms with Crippen LogP contribution in [0.2, 0.25) is 0 Å². The molecule has 12 heteroatoms. The Morgan fingerprint density at radius 3 is 2.26 bits per heavy atom. The molecule has 0 heterocycles. The van der Waals surface area contributed by atoms with E-state index in [-0.39, 0.29) is 51.9 Å². The number of ether oxygens (including phenoxy) is 1. The highest BCUT2D eigenvalue weighted by molar-refractivity contribution is 7.85. The molecular formula is C15H24N2O9S. The maximum atomic E-state index is 12.2. The summed E-state index contributed by atoms with van der Waals surface area (Å²) in [6.07, 6.45) is 0.410. The summed E-state index contributed by atoms with van der Waals surface area (Å²) in [4.78, 5) is 47.1. The molecule has 0 unspecified atom stereocenters. The van der Waals surface area contributed by atoms with E-state index in [1.54, 1.807) is 0 Å². The van der Waals surface area contributed by atoms with Crippen molar-refractivity contribution in [1.29, 1.82) is 0 Å². The summed E-state index contributed by atoms with van der Waals surface area (Å²) in [5.74, 6) is -3.48. The fourth-order valence-electron chi connectivity index (χ4n) is 1.83. The minimum atomic E-state index is -4.20. The van der Waals surface area contributed by atoms with Crippen LogP contribution in [0.1, 0.15) is 25.7 Å². The van der Waals surface area contributed by atoms with E-state index in [0.29, 0.717) is 0 Å². The van der Waals surface area contributed by atoms with Gasteiger partial charge in [-0.3, -0.25) is 23.7 Å². The van der Waals surface area contributed by atoms with Gasteiger partial charge in [-0.2, -0.15) is 8.42 Å². The summed E-state index contributed by atoms with van der Waals surface area (Å²) >= 11 is 0. The molecule has 0 aliphatic rings. The molecule has 0 aliphatic carbocycles. The predicted octanol–water partition coefficient (Wildman–Crippen LogP) is -0.807. The summed E-state index contributed by atoms with van der Waals surface area (Å²) in [6, 6.07) is 0. The number of carboxylic acid groups (broad SMARTS) is 1. The number of aliphatic carboxylic acids is 1. The fourth-order valence-corrected chi connectivity index (χ4v) is 2.19. The van der Waals surface area contributed by atoms with Gasteiger partial charge >= 0.3 is 11.9 Å². The van der Waals surface area contributed by atoms with E-state index in [1.165, 1.54) is 6.08 Å². The van der Waals surface area contributed by atoms with Gasteiger partial charge < -0.3 is 20.1 Å². The van der Waals surface area contributed by atoms with Gasteiger partial charge in [-0.25, -0.2) is 0 Å². The molecule has 0 fully saturated rings. The quantitative estimate of drug-likeness (QED) is 0.189. The minimum Gasteiger partial charge on any atom is -0.481 e. The molecule has 2 amide bonds. The normalized spacial score (nSPS) is 10.7. The van der Waals surface area contributed by atoms with Crippen LogP contribution in [0.5, 0.6) is 0 Å². The topological polar surface area (TPSA) is 167 Å². The first kappa shape index (κ1) is 24.5. The molecule has 11 nitrogen and oxygen atoms in total. The molecule has 27 heavy (non-hydrogen) atoms. The molecule has 0 radical (unpaired) electrons. The first-order valence-corrected chi connectivity index (χ1v) is 9.64. The lowest BCUT2D eigenvalue weighted by Gasteiger charge is -2.21. The van der Waals surface area contributed by atoms with Crippen molar-refractivity contribution in [2.75, 3.05) is 32.0 Å². The van der Waals surface area contributed by atoms with E-state index in [1.807, 2.05) is 0 Å². The lowest BCUT2D eigenvalue weighted by molar-refractivity contribution is -0.143. The number of hydrogen-bond donors (Lipinski definition) is 3. The van der Waals surface area contributed by atoms with Gasteiger partial charge in [0.25, 0.3) is 10.1 Å². The van der Waals surface area contributed by atoms with Crippen LogP contribution in [0.4, 0.5) is 0 Å². The smallest absolute Gasteiger partial charge is 0.307 e. The minimum absolute atomic E-state index is 0.0195. The van der Waals surface area contributed by atoms with Gasteiger partial charge in [-0.1, -0.05) is 12.7 Å². The van der Waals surface area contributed by atoms with Crippen LogP contribution in [0.25, 0.3) is 0 Å². The maximum absolute atomic E-state index is 12.2. The molecule has 0 rings (SSSR count). The van der Waals surface area contributed by atoms with E-state index >= 15 is 0 Å². The Kier molecular flexibility index (Phi) is 11.6. The molecule has 0 aromatic carbocycles. The van der Waals surface area contributed by atoms with Crippen LogP contribution in [0.15, 0.2) is 12.7 Å². The van der Waals surface area contributed by atoms with Crippen molar-refractivity contribution in [2.24, 2.45) is 0 Å². The largest absolute Gasteiger partial charge is 0.481 e. The zero-order valence-electron chi connectivity index (χ0n) is 14.8.